The van der Waals surface area contributed by atoms with Gasteiger partial charge in [-0.1, -0.05) is 49.2 Å². The quantitative estimate of drug-likeness (QED) is 0.578. The first-order valence-corrected chi connectivity index (χ1v) is 13.0. The smallest absolute Gasteiger partial charge is 0.454 e. The summed E-state index contributed by atoms with van der Waals surface area (Å²) in [6.45, 7) is 0.320. The largest absolute Gasteiger partial charge is 0.512 e. The van der Waals surface area contributed by atoms with Crippen molar-refractivity contribution in [1.82, 2.24) is 4.31 Å². The van der Waals surface area contributed by atoms with E-state index in [0.717, 1.165) is 41.3 Å². The van der Waals surface area contributed by atoms with Crippen LogP contribution in [0.4, 0.5) is 4.79 Å². The maximum Gasteiger partial charge on any atom is 0.512 e. The Balaban J connectivity index is 1.62. The highest BCUT2D eigenvalue weighted by Gasteiger charge is 2.40. The molecule has 2 aliphatic heterocycles. The van der Waals surface area contributed by atoms with Crippen LogP contribution in [0.3, 0.4) is 0 Å². The number of hydrogen-bond donors (Lipinski definition) is 1. The van der Waals surface area contributed by atoms with Gasteiger partial charge in [-0.15, -0.1) is 0 Å². The predicted molar refractivity (Wildman–Crippen MR) is 121 cm³/mol. The van der Waals surface area contributed by atoms with Crippen molar-refractivity contribution in [2.45, 2.75) is 41.9 Å². The molecule has 33 heavy (non-hydrogen) atoms. The van der Waals surface area contributed by atoms with Crippen LogP contribution in [0.25, 0.3) is 4.91 Å². The van der Waals surface area contributed by atoms with E-state index in [0.29, 0.717) is 22.0 Å². The average molecular weight is 490 g/mol. The second-order valence-electron chi connectivity index (χ2n) is 8.16. The summed E-state index contributed by atoms with van der Waals surface area (Å²) in [5, 5.41) is 9.49. The zero-order valence-electron chi connectivity index (χ0n) is 17.7. The summed E-state index contributed by atoms with van der Waals surface area (Å²) in [5.41, 5.74) is 0.413. The van der Waals surface area contributed by atoms with E-state index in [1.54, 1.807) is 36.4 Å². The minimum atomic E-state index is -3.98. The van der Waals surface area contributed by atoms with Gasteiger partial charge in [0, 0.05) is 17.0 Å². The van der Waals surface area contributed by atoms with Crippen molar-refractivity contribution in [3.05, 3.63) is 53.9 Å². The first-order valence-electron chi connectivity index (χ1n) is 10.8. The molecular weight excluding hydrogens is 466 g/mol. The van der Waals surface area contributed by atoms with Gasteiger partial charge >= 0.3 is 6.16 Å². The molecule has 3 aliphatic rings. The zero-order chi connectivity index (χ0) is 23.0. The van der Waals surface area contributed by atoms with Crippen molar-refractivity contribution >= 4 is 32.8 Å². The lowest BCUT2D eigenvalue weighted by Crippen LogP contribution is -2.39. The normalized spacial score (nSPS) is 19.3. The number of thioether (sulfide) groups is 1. The van der Waals surface area contributed by atoms with Gasteiger partial charge < -0.3 is 19.3 Å². The summed E-state index contributed by atoms with van der Waals surface area (Å²) in [6.07, 6.45) is 3.44. The fourth-order valence-corrected chi connectivity index (χ4v) is 7.33. The molecule has 10 heteroatoms. The van der Waals surface area contributed by atoms with Gasteiger partial charge in [-0.2, -0.15) is 0 Å². The monoisotopic (exact) mass is 489 g/mol. The minimum Gasteiger partial charge on any atom is -0.454 e. The standard InChI is InChI=1S/C23H23NO7S2/c25-23(26)31-22-21(32-16-10-11-18-19(12-16)30-14-29-18)17-8-4-5-9-20(17)33(27,28)24(22)13-15-6-2-1-3-7-15/h4-5,8-12,15H,1-3,6-7,13-14H2,(H,25,26). The van der Waals surface area contributed by atoms with E-state index in [1.807, 2.05) is 6.07 Å². The number of fused-ring (bicyclic) bond motifs is 2. The maximum atomic E-state index is 13.6. The third-order valence-electron chi connectivity index (χ3n) is 6.02. The van der Waals surface area contributed by atoms with Crippen molar-refractivity contribution in [3.63, 3.8) is 0 Å². The highest BCUT2D eigenvalue weighted by Crippen LogP contribution is 2.48. The number of nitrogens with zero attached hydrogens (tertiary/aromatic N) is 1. The molecule has 0 unspecified atom stereocenters. The molecule has 174 valence electrons. The van der Waals surface area contributed by atoms with Gasteiger partial charge in [-0.3, -0.25) is 0 Å². The lowest BCUT2D eigenvalue weighted by atomic mass is 9.89. The van der Waals surface area contributed by atoms with Crippen molar-refractivity contribution in [1.29, 1.82) is 0 Å². The number of carbonyl (C=O) groups is 1. The number of carboxylic acid groups (broad SMARTS) is 1. The molecule has 5 rings (SSSR count). The Morgan fingerprint density at radius 3 is 2.64 bits per heavy atom. The maximum absolute atomic E-state index is 13.6. The number of rotatable bonds is 5. The molecule has 8 nitrogen and oxygen atoms in total. The van der Waals surface area contributed by atoms with Crippen LogP contribution < -0.4 is 9.47 Å². The Kier molecular flexibility index (Phi) is 5.88. The summed E-state index contributed by atoms with van der Waals surface area (Å²) in [4.78, 5) is 13.0. The fourth-order valence-electron chi connectivity index (χ4n) is 4.46. The van der Waals surface area contributed by atoms with Crippen LogP contribution in [0.1, 0.15) is 37.7 Å². The van der Waals surface area contributed by atoms with Crippen molar-refractivity contribution < 1.29 is 32.5 Å². The Labute approximate surface area is 196 Å². The van der Waals surface area contributed by atoms with E-state index in [2.05, 4.69) is 0 Å². The molecule has 0 spiro atoms. The SMILES string of the molecule is O=C(O)OC1=C(Sc2ccc3c(c2)OCO3)c2ccccc2S(=O)(=O)N1CC1CCCCC1. The van der Waals surface area contributed by atoms with Crippen molar-refractivity contribution in [3.8, 4) is 11.5 Å². The van der Waals surface area contributed by atoms with Gasteiger partial charge in [-0.25, -0.2) is 17.5 Å². The van der Waals surface area contributed by atoms with Crippen molar-refractivity contribution in [2.24, 2.45) is 5.92 Å². The number of hydrogen-bond acceptors (Lipinski definition) is 7. The fraction of sp³-hybridized carbons (Fsp3) is 0.348. The van der Waals surface area contributed by atoms with E-state index in [-0.39, 0.29) is 30.0 Å². The molecule has 0 aromatic heterocycles. The van der Waals surface area contributed by atoms with Gasteiger partial charge in [0.05, 0.1) is 9.80 Å². The van der Waals surface area contributed by atoms with E-state index < -0.39 is 16.2 Å². The summed E-state index contributed by atoms with van der Waals surface area (Å²) >= 11 is 1.24. The molecule has 1 N–H and O–H groups in total. The molecule has 1 fully saturated rings. The van der Waals surface area contributed by atoms with Crippen LogP contribution in [0, 0.1) is 5.92 Å². The number of sulfonamides is 1. The molecular formula is C23H23NO7S2. The summed E-state index contributed by atoms with van der Waals surface area (Å²) in [5.74, 6) is 1.18. The molecule has 0 radical (unpaired) electrons. The summed E-state index contributed by atoms with van der Waals surface area (Å²) in [7, 11) is -3.98. The second kappa shape index (κ2) is 8.83. The van der Waals surface area contributed by atoms with E-state index >= 15 is 0 Å². The van der Waals surface area contributed by atoms with Gasteiger partial charge in [0.15, 0.2) is 11.5 Å². The Morgan fingerprint density at radius 1 is 1.09 bits per heavy atom. The molecule has 2 aromatic carbocycles. The second-order valence-corrected chi connectivity index (χ2v) is 11.1. The molecule has 0 atom stereocenters. The highest BCUT2D eigenvalue weighted by atomic mass is 32.2. The molecule has 1 saturated carbocycles. The Morgan fingerprint density at radius 2 is 1.85 bits per heavy atom. The topological polar surface area (TPSA) is 102 Å². The van der Waals surface area contributed by atoms with E-state index in [9.17, 15) is 18.3 Å². The molecule has 2 aromatic rings. The van der Waals surface area contributed by atoms with Crippen molar-refractivity contribution in [2.75, 3.05) is 13.3 Å². The van der Waals surface area contributed by atoms with Crippen LogP contribution in [0.2, 0.25) is 0 Å². The van der Waals surface area contributed by atoms with Crippen LogP contribution in [0.5, 0.6) is 11.5 Å². The Bertz CT molecular complexity index is 1220. The minimum absolute atomic E-state index is 0.135. The van der Waals surface area contributed by atoms with Crippen LogP contribution in [0.15, 0.2) is 58.1 Å². The van der Waals surface area contributed by atoms with Crippen LogP contribution in [-0.2, 0) is 14.8 Å². The zero-order valence-corrected chi connectivity index (χ0v) is 19.4. The molecule has 0 bridgehead atoms. The Hall–Kier alpha value is -2.85. The lowest BCUT2D eigenvalue weighted by molar-refractivity contribution is 0.0989. The van der Waals surface area contributed by atoms with E-state index in [1.165, 1.54) is 11.8 Å². The molecule has 1 aliphatic carbocycles. The average Bonchev–Trinajstić information content (AvgIpc) is 3.27. The summed E-state index contributed by atoms with van der Waals surface area (Å²) < 4.78 is 44.3. The summed E-state index contributed by atoms with van der Waals surface area (Å²) in [6, 6.07) is 12.0. The third kappa shape index (κ3) is 4.24. The molecule has 2 heterocycles. The number of benzene rings is 2. The number of ether oxygens (including phenoxy) is 3. The van der Waals surface area contributed by atoms with Gasteiger partial charge in [0.25, 0.3) is 10.0 Å². The highest BCUT2D eigenvalue weighted by molar-refractivity contribution is 8.08. The van der Waals surface area contributed by atoms with Gasteiger partial charge in [0.1, 0.15) is 0 Å². The van der Waals surface area contributed by atoms with Gasteiger partial charge in [-0.05, 0) is 43.0 Å². The lowest BCUT2D eigenvalue weighted by Gasteiger charge is -2.35. The third-order valence-corrected chi connectivity index (χ3v) is 8.91. The van der Waals surface area contributed by atoms with Crippen LogP contribution >= 0.6 is 11.8 Å². The van der Waals surface area contributed by atoms with E-state index in [4.69, 9.17) is 14.2 Å². The van der Waals surface area contributed by atoms with Crippen LogP contribution in [-0.4, -0.2) is 37.3 Å². The molecule has 0 amide bonds. The first kappa shape index (κ1) is 22.0. The molecule has 0 saturated heterocycles. The first-order chi connectivity index (χ1) is 15.9. The van der Waals surface area contributed by atoms with Gasteiger partial charge in [0.2, 0.25) is 12.7 Å². The predicted octanol–water partition coefficient (Wildman–Crippen LogP) is 5.11.